The van der Waals surface area contributed by atoms with Crippen LogP contribution in [0.2, 0.25) is 0 Å². The SMILES string of the molecule is CN(C(=O)c1cc2c(cc1F)nc(N)c1cnn(C)c12)[C@@H]1COc2cc(C#Cc3cnn(C)c3)ccc21. The molecule has 5 aromatic rings. The van der Waals surface area contributed by atoms with Crippen LogP contribution < -0.4 is 10.5 Å². The quantitative estimate of drug-likeness (QED) is 0.377. The number of carbonyl (C=O) groups is 1. The molecule has 184 valence electrons. The Kier molecular flexibility index (Phi) is 5.08. The zero-order valence-electron chi connectivity index (χ0n) is 20.4. The van der Waals surface area contributed by atoms with E-state index in [-0.39, 0.29) is 24.0 Å². The van der Waals surface area contributed by atoms with Gasteiger partial charge < -0.3 is 15.4 Å². The van der Waals surface area contributed by atoms with Crippen molar-refractivity contribution in [3.8, 4) is 17.6 Å². The van der Waals surface area contributed by atoms with Crippen LogP contribution in [0.4, 0.5) is 10.2 Å². The van der Waals surface area contributed by atoms with Gasteiger partial charge >= 0.3 is 0 Å². The summed E-state index contributed by atoms with van der Waals surface area (Å²) in [6.45, 7) is 0.260. The molecule has 1 atom stereocenters. The van der Waals surface area contributed by atoms with Crippen LogP contribution in [0.3, 0.4) is 0 Å². The third kappa shape index (κ3) is 3.72. The lowest BCUT2D eigenvalue weighted by molar-refractivity contribution is 0.0704. The molecule has 1 amide bonds. The number of amides is 1. The summed E-state index contributed by atoms with van der Waals surface area (Å²) in [4.78, 5) is 19.3. The van der Waals surface area contributed by atoms with Crippen LogP contribution in [-0.2, 0) is 14.1 Å². The van der Waals surface area contributed by atoms with Crippen molar-refractivity contribution >= 4 is 33.5 Å². The standard InChI is InChI=1S/C27H22FN7O2/c1-33-13-16(11-30-33)5-4-15-6-7-17-23(14-37-24(17)8-15)34(2)27(36)18-9-19-22(10-21(18)28)32-26(29)20-12-31-35(3)25(19)20/h6-13,23H,14H2,1-3H3,(H2,29,32)/t23-/m1/s1. The number of anilines is 1. The number of fused-ring (bicyclic) bond motifs is 4. The van der Waals surface area contributed by atoms with E-state index in [9.17, 15) is 4.79 Å². The largest absolute Gasteiger partial charge is 0.491 e. The molecule has 37 heavy (non-hydrogen) atoms. The second-order valence-corrected chi connectivity index (χ2v) is 9.02. The van der Waals surface area contributed by atoms with E-state index in [2.05, 4.69) is 27.0 Å². The van der Waals surface area contributed by atoms with Crippen molar-refractivity contribution in [1.29, 1.82) is 0 Å². The predicted molar refractivity (Wildman–Crippen MR) is 136 cm³/mol. The van der Waals surface area contributed by atoms with Crippen molar-refractivity contribution in [2.75, 3.05) is 19.4 Å². The molecule has 9 nitrogen and oxygen atoms in total. The summed E-state index contributed by atoms with van der Waals surface area (Å²) in [5.74, 6) is 5.96. The Hall–Kier alpha value is -4.91. The van der Waals surface area contributed by atoms with E-state index in [0.717, 1.165) is 16.7 Å². The van der Waals surface area contributed by atoms with E-state index in [1.54, 1.807) is 35.9 Å². The average molecular weight is 496 g/mol. The highest BCUT2D eigenvalue weighted by Gasteiger charge is 2.32. The zero-order chi connectivity index (χ0) is 25.8. The van der Waals surface area contributed by atoms with Gasteiger partial charge in [0.05, 0.1) is 46.0 Å². The Balaban J connectivity index is 1.32. The molecule has 10 heteroatoms. The molecule has 0 unspecified atom stereocenters. The number of nitrogen functional groups attached to an aromatic ring is 1. The van der Waals surface area contributed by atoms with Crippen LogP contribution in [0.25, 0.3) is 21.8 Å². The number of benzene rings is 2. The van der Waals surface area contributed by atoms with E-state index in [1.807, 2.05) is 31.4 Å². The lowest BCUT2D eigenvalue weighted by atomic mass is 10.0. The monoisotopic (exact) mass is 495 g/mol. The molecule has 1 aliphatic rings. The molecule has 0 fully saturated rings. The molecule has 0 saturated carbocycles. The fourth-order valence-corrected chi connectivity index (χ4v) is 4.70. The number of nitrogens with two attached hydrogens (primary N) is 1. The van der Waals surface area contributed by atoms with Crippen LogP contribution in [0, 0.1) is 17.7 Å². The van der Waals surface area contributed by atoms with Crippen molar-refractivity contribution in [2.45, 2.75) is 6.04 Å². The number of pyridine rings is 1. The summed E-state index contributed by atoms with van der Waals surface area (Å²) >= 11 is 0. The number of likely N-dealkylation sites (N-methyl/N-ethyl adjacent to an activating group) is 1. The van der Waals surface area contributed by atoms with E-state index < -0.39 is 11.7 Å². The molecule has 0 bridgehead atoms. The van der Waals surface area contributed by atoms with Crippen molar-refractivity contribution < 1.29 is 13.9 Å². The number of nitrogens with zero attached hydrogens (tertiary/aromatic N) is 6. The number of aryl methyl sites for hydroxylation is 2. The van der Waals surface area contributed by atoms with Crippen molar-refractivity contribution in [1.82, 2.24) is 29.4 Å². The Morgan fingerprint density at radius 1 is 1.14 bits per heavy atom. The molecule has 0 aliphatic carbocycles. The lowest BCUT2D eigenvalue weighted by Gasteiger charge is -2.24. The van der Waals surface area contributed by atoms with Gasteiger partial charge in [0.25, 0.3) is 5.91 Å². The van der Waals surface area contributed by atoms with Crippen LogP contribution >= 0.6 is 0 Å². The average Bonchev–Trinajstić information content (AvgIpc) is 3.60. The molecule has 0 saturated heterocycles. The molecule has 2 N–H and O–H groups in total. The second kappa shape index (κ2) is 8.34. The first-order chi connectivity index (χ1) is 17.8. The molecule has 3 aromatic heterocycles. The number of ether oxygens (including phenoxy) is 1. The van der Waals surface area contributed by atoms with Crippen LogP contribution in [0.1, 0.15) is 33.1 Å². The highest BCUT2D eigenvalue weighted by molar-refractivity contribution is 6.10. The summed E-state index contributed by atoms with van der Waals surface area (Å²) in [5.41, 5.74) is 9.46. The molecule has 0 spiro atoms. The Bertz CT molecular complexity index is 1790. The minimum absolute atomic E-state index is 0.0588. The first-order valence-electron chi connectivity index (χ1n) is 11.5. The third-order valence-electron chi connectivity index (χ3n) is 6.64. The van der Waals surface area contributed by atoms with Gasteiger partial charge in [-0.3, -0.25) is 14.2 Å². The van der Waals surface area contributed by atoms with Gasteiger partial charge in [-0.1, -0.05) is 17.9 Å². The minimum atomic E-state index is -0.669. The van der Waals surface area contributed by atoms with Crippen molar-refractivity contribution in [3.63, 3.8) is 0 Å². The Morgan fingerprint density at radius 2 is 1.95 bits per heavy atom. The number of halogens is 1. The third-order valence-corrected chi connectivity index (χ3v) is 6.64. The van der Waals surface area contributed by atoms with Crippen molar-refractivity contribution in [3.05, 3.63) is 77.0 Å². The van der Waals surface area contributed by atoms with Gasteiger partial charge in [-0.2, -0.15) is 10.2 Å². The smallest absolute Gasteiger partial charge is 0.257 e. The van der Waals surface area contributed by atoms with Crippen LogP contribution in [0.15, 0.2) is 48.9 Å². The van der Waals surface area contributed by atoms with E-state index in [1.165, 1.54) is 17.0 Å². The summed E-state index contributed by atoms with van der Waals surface area (Å²) in [5, 5.41) is 9.60. The van der Waals surface area contributed by atoms with Gasteiger partial charge in [-0.25, -0.2) is 9.37 Å². The normalized spacial score (nSPS) is 14.3. The maximum absolute atomic E-state index is 15.1. The summed E-state index contributed by atoms with van der Waals surface area (Å²) in [6, 6.07) is 8.02. The summed E-state index contributed by atoms with van der Waals surface area (Å²) in [6.07, 6.45) is 5.14. The van der Waals surface area contributed by atoms with Crippen LogP contribution in [-0.4, -0.2) is 49.0 Å². The first-order valence-corrected chi connectivity index (χ1v) is 11.5. The van der Waals surface area contributed by atoms with Gasteiger partial charge in [-0.05, 0) is 18.2 Å². The summed E-state index contributed by atoms with van der Waals surface area (Å²) < 4.78 is 24.4. The fraction of sp³-hybridized carbons (Fsp3) is 0.185. The maximum atomic E-state index is 15.1. The lowest BCUT2D eigenvalue weighted by Crippen LogP contribution is -2.32. The van der Waals surface area contributed by atoms with Gasteiger partial charge in [-0.15, -0.1) is 0 Å². The molecule has 4 heterocycles. The second-order valence-electron chi connectivity index (χ2n) is 9.02. The number of rotatable bonds is 2. The Morgan fingerprint density at radius 3 is 2.73 bits per heavy atom. The number of carbonyl (C=O) groups excluding carboxylic acids is 1. The van der Waals surface area contributed by atoms with E-state index in [0.29, 0.717) is 27.6 Å². The molecule has 2 aromatic carbocycles. The molecule has 0 radical (unpaired) electrons. The first kappa shape index (κ1) is 22.5. The topological polar surface area (TPSA) is 104 Å². The van der Waals surface area contributed by atoms with Crippen LogP contribution in [0.5, 0.6) is 5.75 Å². The number of aromatic nitrogens is 5. The molecule has 1 aliphatic heterocycles. The fourth-order valence-electron chi connectivity index (χ4n) is 4.70. The molecule has 6 rings (SSSR count). The zero-order valence-corrected chi connectivity index (χ0v) is 20.4. The molecular formula is C27H22FN7O2. The number of hydrogen-bond donors (Lipinski definition) is 1. The van der Waals surface area contributed by atoms with Gasteiger partial charge in [0, 0.05) is 49.9 Å². The van der Waals surface area contributed by atoms with Crippen molar-refractivity contribution in [2.24, 2.45) is 14.1 Å². The summed E-state index contributed by atoms with van der Waals surface area (Å²) in [7, 11) is 5.24. The maximum Gasteiger partial charge on any atom is 0.257 e. The Labute approximate surface area is 211 Å². The minimum Gasteiger partial charge on any atom is -0.491 e. The van der Waals surface area contributed by atoms with E-state index >= 15 is 4.39 Å². The highest BCUT2D eigenvalue weighted by atomic mass is 19.1. The highest BCUT2D eigenvalue weighted by Crippen LogP contribution is 2.37. The van der Waals surface area contributed by atoms with Gasteiger partial charge in [0.15, 0.2) is 0 Å². The molecular weight excluding hydrogens is 473 g/mol. The van der Waals surface area contributed by atoms with Gasteiger partial charge in [0.1, 0.15) is 24.0 Å². The number of hydrogen-bond acceptors (Lipinski definition) is 6. The predicted octanol–water partition coefficient (Wildman–Crippen LogP) is 3.18. The van der Waals surface area contributed by atoms with E-state index in [4.69, 9.17) is 10.5 Å². The van der Waals surface area contributed by atoms with Gasteiger partial charge in [0.2, 0.25) is 0 Å².